The third-order valence-electron chi connectivity index (χ3n) is 4.35. The molecule has 2 aromatic carbocycles. The maximum Gasteiger partial charge on any atom is 0.243 e. The highest BCUT2D eigenvalue weighted by molar-refractivity contribution is 7.89. The summed E-state index contributed by atoms with van der Waals surface area (Å²) in [5.74, 6) is -0.900. The molecule has 0 saturated carbocycles. The Morgan fingerprint density at radius 3 is 1.78 bits per heavy atom. The molecule has 0 aromatic heterocycles. The number of piperazine rings is 1. The molecule has 0 bridgehead atoms. The van der Waals surface area contributed by atoms with Crippen molar-refractivity contribution in [3.63, 3.8) is 0 Å². The number of hydrogen-bond acceptors (Lipinski definition) is 5. The monoisotopic (exact) mass is 409 g/mol. The molecule has 8 nitrogen and oxygen atoms in total. The maximum atomic E-state index is 12.9. The van der Waals surface area contributed by atoms with Crippen LogP contribution in [0.1, 0.15) is 0 Å². The van der Waals surface area contributed by atoms with Gasteiger partial charge in [0.05, 0.1) is 9.79 Å². The van der Waals surface area contributed by atoms with Crippen LogP contribution in [0.4, 0.5) is 0 Å². The Balaban J connectivity index is 1.92. The SMILES string of the molecule is NC(=O)[C@@H]1CN(S(=O)(=O)c2ccccc2)CCN1S(=O)(=O)c1ccccc1. The summed E-state index contributed by atoms with van der Waals surface area (Å²) in [5, 5.41) is 0. The molecule has 1 aliphatic rings. The van der Waals surface area contributed by atoms with Crippen LogP contribution in [0.2, 0.25) is 0 Å². The molecule has 1 aliphatic heterocycles. The van der Waals surface area contributed by atoms with Gasteiger partial charge >= 0.3 is 0 Å². The number of rotatable bonds is 5. The first-order valence-electron chi connectivity index (χ1n) is 8.16. The molecular weight excluding hydrogens is 390 g/mol. The molecule has 1 fully saturated rings. The number of nitrogens with zero attached hydrogens (tertiary/aromatic N) is 2. The van der Waals surface area contributed by atoms with Crippen molar-refractivity contribution in [2.24, 2.45) is 5.73 Å². The van der Waals surface area contributed by atoms with E-state index < -0.39 is 32.0 Å². The highest BCUT2D eigenvalue weighted by Crippen LogP contribution is 2.25. The highest BCUT2D eigenvalue weighted by Gasteiger charge is 2.42. The fourth-order valence-corrected chi connectivity index (χ4v) is 6.01. The summed E-state index contributed by atoms with van der Waals surface area (Å²) in [6, 6.07) is 14.1. The fourth-order valence-electron chi connectivity index (χ4n) is 2.95. The van der Waals surface area contributed by atoms with Crippen molar-refractivity contribution in [3.05, 3.63) is 60.7 Å². The summed E-state index contributed by atoms with van der Waals surface area (Å²) in [4.78, 5) is 12.0. The smallest absolute Gasteiger partial charge is 0.243 e. The summed E-state index contributed by atoms with van der Waals surface area (Å²) < 4.78 is 53.4. The molecular formula is C17H19N3O5S2. The Hall–Kier alpha value is -2.27. The molecule has 0 aliphatic carbocycles. The number of primary amides is 1. The van der Waals surface area contributed by atoms with Gasteiger partial charge in [-0.1, -0.05) is 36.4 Å². The molecule has 1 amide bonds. The predicted octanol–water partition coefficient (Wildman–Crippen LogP) is 0.236. The third-order valence-corrected chi connectivity index (χ3v) is 8.15. The van der Waals surface area contributed by atoms with Gasteiger partial charge in [-0.15, -0.1) is 0 Å². The molecule has 3 rings (SSSR count). The van der Waals surface area contributed by atoms with E-state index in [9.17, 15) is 21.6 Å². The van der Waals surface area contributed by atoms with E-state index in [1.165, 1.54) is 24.3 Å². The zero-order chi connectivity index (χ0) is 19.7. The molecule has 0 unspecified atom stereocenters. The van der Waals surface area contributed by atoms with Crippen LogP contribution in [0.25, 0.3) is 0 Å². The van der Waals surface area contributed by atoms with Crippen LogP contribution >= 0.6 is 0 Å². The molecule has 1 heterocycles. The summed E-state index contributed by atoms with van der Waals surface area (Å²) in [6.45, 7) is -0.581. The number of hydrogen-bond donors (Lipinski definition) is 1. The van der Waals surface area contributed by atoms with Gasteiger partial charge in [-0.2, -0.15) is 8.61 Å². The van der Waals surface area contributed by atoms with Gasteiger partial charge in [0.25, 0.3) is 0 Å². The van der Waals surface area contributed by atoms with Gasteiger partial charge in [0.2, 0.25) is 26.0 Å². The number of sulfonamides is 2. The minimum atomic E-state index is -3.98. The molecule has 2 N–H and O–H groups in total. The summed E-state index contributed by atoms with van der Waals surface area (Å²) in [7, 11) is -7.84. The molecule has 27 heavy (non-hydrogen) atoms. The first-order chi connectivity index (χ1) is 12.7. The van der Waals surface area contributed by atoms with E-state index in [-0.39, 0.29) is 29.4 Å². The first-order valence-corrected chi connectivity index (χ1v) is 11.0. The van der Waals surface area contributed by atoms with E-state index in [2.05, 4.69) is 0 Å². The third kappa shape index (κ3) is 3.74. The number of benzene rings is 2. The van der Waals surface area contributed by atoms with E-state index in [4.69, 9.17) is 5.73 Å². The molecule has 10 heteroatoms. The van der Waals surface area contributed by atoms with Crippen molar-refractivity contribution in [2.45, 2.75) is 15.8 Å². The molecule has 2 aromatic rings. The second-order valence-corrected chi connectivity index (χ2v) is 9.85. The van der Waals surface area contributed by atoms with Crippen LogP contribution in [-0.2, 0) is 24.8 Å². The zero-order valence-electron chi connectivity index (χ0n) is 14.3. The van der Waals surface area contributed by atoms with Crippen LogP contribution < -0.4 is 5.73 Å². The van der Waals surface area contributed by atoms with E-state index in [1.54, 1.807) is 36.4 Å². The average molecular weight is 409 g/mol. The topological polar surface area (TPSA) is 118 Å². The first kappa shape index (κ1) is 19.5. The van der Waals surface area contributed by atoms with Crippen molar-refractivity contribution in [1.29, 1.82) is 0 Å². The lowest BCUT2D eigenvalue weighted by atomic mass is 10.2. The van der Waals surface area contributed by atoms with Crippen molar-refractivity contribution >= 4 is 26.0 Å². The van der Waals surface area contributed by atoms with Gasteiger partial charge < -0.3 is 5.73 Å². The molecule has 1 atom stereocenters. The van der Waals surface area contributed by atoms with Gasteiger partial charge in [-0.25, -0.2) is 16.8 Å². The Morgan fingerprint density at radius 2 is 1.30 bits per heavy atom. The van der Waals surface area contributed by atoms with Crippen LogP contribution in [0.3, 0.4) is 0 Å². The summed E-state index contributed by atoms with van der Waals surface area (Å²) >= 11 is 0. The number of carbonyl (C=O) groups excluding carboxylic acids is 1. The summed E-state index contributed by atoms with van der Waals surface area (Å²) in [5.41, 5.74) is 5.41. The van der Waals surface area contributed by atoms with Crippen LogP contribution in [0, 0.1) is 0 Å². The Bertz CT molecular complexity index is 1020. The van der Waals surface area contributed by atoms with Crippen LogP contribution in [0.15, 0.2) is 70.5 Å². The highest BCUT2D eigenvalue weighted by atomic mass is 32.2. The lowest BCUT2D eigenvalue weighted by molar-refractivity contribution is -0.122. The zero-order valence-corrected chi connectivity index (χ0v) is 15.9. The van der Waals surface area contributed by atoms with E-state index >= 15 is 0 Å². The minimum Gasteiger partial charge on any atom is -0.368 e. The predicted molar refractivity (Wildman–Crippen MR) is 98.5 cm³/mol. The molecule has 0 radical (unpaired) electrons. The van der Waals surface area contributed by atoms with Crippen molar-refractivity contribution in [1.82, 2.24) is 8.61 Å². The van der Waals surface area contributed by atoms with Gasteiger partial charge in [-0.05, 0) is 24.3 Å². The van der Waals surface area contributed by atoms with Crippen LogP contribution in [-0.4, -0.2) is 57.0 Å². The molecule has 1 saturated heterocycles. The lowest BCUT2D eigenvalue weighted by Gasteiger charge is -2.38. The van der Waals surface area contributed by atoms with Crippen molar-refractivity contribution < 1.29 is 21.6 Å². The fraction of sp³-hybridized carbons (Fsp3) is 0.235. The maximum absolute atomic E-state index is 12.9. The number of nitrogens with two attached hydrogens (primary N) is 1. The Kier molecular flexibility index (Phi) is 5.33. The Labute approximate surface area is 158 Å². The quantitative estimate of drug-likeness (QED) is 0.759. The molecule has 144 valence electrons. The van der Waals surface area contributed by atoms with Gasteiger partial charge in [0.15, 0.2) is 0 Å². The molecule has 0 spiro atoms. The van der Waals surface area contributed by atoms with E-state index in [1.807, 2.05) is 0 Å². The largest absolute Gasteiger partial charge is 0.368 e. The summed E-state index contributed by atoms with van der Waals surface area (Å²) in [6.07, 6.45) is 0. The lowest BCUT2D eigenvalue weighted by Crippen LogP contribution is -2.60. The van der Waals surface area contributed by atoms with Crippen molar-refractivity contribution in [2.75, 3.05) is 19.6 Å². The van der Waals surface area contributed by atoms with Gasteiger partial charge in [0, 0.05) is 19.6 Å². The average Bonchev–Trinajstić information content (AvgIpc) is 2.68. The normalized spacial score (nSPS) is 19.6. The van der Waals surface area contributed by atoms with Crippen LogP contribution in [0.5, 0.6) is 0 Å². The Morgan fingerprint density at radius 1 is 0.815 bits per heavy atom. The number of amides is 1. The second kappa shape index (κ2) is 7.39. The van der Waals surface area contributed by atoms with E-state index in [0.717, 1.165) is 8.61 Å². The second-order valence-electron chi connectivity index (χ2n) is 6.02. The number of carbonyl (C=O) groups is 1. The van der Waals surface area contributed by atoms with Gasteiger partial charge in [-0.3, -0.25) is 4.79 Å². The van der Waals surface area contributed by atoms with Gasteiger partial charge in [0.1, 0.15) is 6.04 Å². The van der Waals surface area contributed by atoms with Crippen molar-refractivity contribution in [3.8, 4) is 0 Å². The minimum absolute atomic E-state index is 0.0237. The standard InChI is InChI=1S/C17H19N3O5S2/c18-17(21)16-13-19(26(22,23)14-7-3-1-4-8-14)11-12-20(16)27(24,25)15-9-5-2-6-10-15/h1-10,16H,11-13H2,(H2,18,21)/t16-/m0/s1. The van der Waals surface area contributed by atoms with E-state index in [0.29, 0.717) is 0 Å².